The summed E-state index contributed by atoms with van der Waals surface area (Å²) in [6.45, 7) is 9.46. The van der Waals surface area contributed by atoms with E-state index in [1.807, 2.05) is 33.9 Å². The Balaban J connectivity index is 1.52. The van der Waals surface area contributed by atoms with Gasteiger partial charge in [-0.1, -0.05) is 5.16 Å². The number of hydrogen-bond donors (Lipinski definition) is 1. The van der Waals surface area contributed by atoms with Crippen LogP contribution >= 0.6 is 0 Å². The second kappa shape index (κ2) is 7.94. The van der Waals surface area contributed by atoms with Gasteiger partial charge >= 0.3 is 0 Å². The summed E-state index contributed by atoms with van der Waals surface area (Å²) in [5, 5.41) is 11.2. The van der Waals surface area contributed by atoms with Crippen LogP contribution in [-0.2, 0) is 22.6 Å². The smallest absolute Gasteiger partial charge is 0.229 e. The fourth-order valence-corrected chi connectivity index (χ4v) is 3.49. The van der Waals surface area contributed by atoms with Gasteiger partial charge in [0.05, 0.1) is 23.0 Å². The van der Waals surface area contributed by atoms with Gasteiger partial charge in [-0.15, -0.1) is 0 Å². The zero-order valence-corrected chi connectivity index (χ0v) is 16.4. The Kier molecular flexibility index (Phi) is 5.62. The number of carbonyl (C=O) groups excluding carboxylic acids is 2. The van der Waals surface area contributed by atoms with E-state index in [2.05, 4.69) is 15.6 Å². The highest BCUT2D eigenvalue weighted by Crippen LogP contribution is 2.22. The highest BCUT2D eigenvalue weighted by Gasteiger charge is 2.31. The Morgan fingerprint density at radius 1 is 1.30 bits per heavy atom. The van der Waals surface area contributed by atoms with Crippen LogP contribution in [0.5, 0.6) is 0 Å². The molecule has 1 aliphatic rings. The number of nitrogens with zero attached hydrogens (tertiary/aromatic N) is 4. The van der Waals surface area contributed by atoms with E-state index in [0.717, 1.165) is 34.9 Å². The molecule has 8 nitrogen and oxygen atoms in total. The largest absolute Gasteiger partial charge is 0.361 e. The maximum Gasteiger partial charge on any atom is 0.229 e. The van der Waals surface area contributed by atoms with Crippen LogP contribution in [0.1, 0.15) is 42.5 Å². The van der Waals surface area contributed by atoms with E-state index in [4.69, 9.17) is 4.52 Å². The second-order valence-corrected chi connectivity index (χ2v) is 7.10. The lowest BCUT2D eigenvalue weighted by molar-refractivity contribution is -0.130. The van der Waals surface area contributed by atoms with Gasteiger partial charge in [0, 0.05) is 37.8 Å². The minimum absolute atomic E-state index is 0.0465. The molecule has 3 rings (SSSR count). The van der Waals surface area contributed by atoms with Crippen molar-refractivity contribution in [3.63, 3.8) is 0 Å². The van der Waals surface area contributed by atoms with Crippen molar-refractivity contribution in [3.05, 3.63) is 28.9 Å². The van der Waals surface area contributed by atoms with Crippen molar-refractivity contribution in [1.82, 2.24) is 19.8 Å². The number of aromatic nitrogens is 3. The van der Waals surface area contributed by atoms with Gasteiger partial charge in [-0.25, -0.2) is 0 Å². The van der Waals surface area contributed by atoms with Gasteiger partial charge in [0.25, 0.3) is 0 Å². The summed E-state index contributed by atoms with van der Waals surface area (Å²) >= 11 is 0. The predicted molar refractivity (Wildman–Crippen MR) is 100 cm³/mol. The van der Waals surface area contributed by atoms with E-state index in [1.54, 1.807) is 9.58 Å². The monoisotopic (exact) mass is 373 g/mol. The quantitative estimate of drug-likeness (QED) is 0.838. The number of hydrogen-bond acceptors (Lipinski definition) is 5. The van der Waals surface area contributed by atoms with E-state index < -0.39 is 0 Å². The van der Waals surface area contributed by atoms with Gasteiger partial charge < -0.3 is 14.7 Å². The van der Waals surface area contributed by atoms with Crippen LogP contribution in [0.3, 0.4) is 0 Å². The molecule has 1 atom stereocenters. The standard InChI is InChI=1S/C19H27N5O3/c1-5-24-11-17(13(3)21-24)20-19(26)15-8-9-23(10-15)18(25)7-6-16-12(2)22-27-14(16)4/h11,15H,5-10H2,1-4H3,(H,20,26). The van der Waals surface area contributed by atoms with Crippen LogP contribution in [0.2, 0.25) is 0 Å². The number of carbonyl (C=O) groups is 2. The fourth-order valence-electron chi connectivity index (χ4n) is 3.49. The molecule has 0 radical (unpaired) electrons. The van der Waals surface area contributed by atoms with Crippen molar-refractivity contribution in [2.45, 2.75) is 53.5 Å². The number of likely N-dealkylation sites (tertiary alicyclic amines) is 1. The molecule has 1 aliphatic heterocycles. The zero-order chi connectivity index (χ0) is 19.6. The molecule has 2 amide bonds. The van der Waals surface area contributed by atoms with Crippen LogP contribution in [0.4, 0.5) is 5.69 Å². The molecule has 27 heavy (non-hydrogen) atoms. The first-order valence-corrected chi connectivity index (χ1v) is 9.43. The average Bonchev–Trinajstić information content (AvgIpc) is 3.34. The van der Waals surface area contributed by atoms with E-state index in [-0.39, 0.29) is 17.7 Å². The summed E-state index contributed by atoms with van der Waals surface area (Å²) in [6, 6.07) is 0. The average molecular weight is 373 g/mol. The van der Waals surface area contributed by atoms with E-state index in [0.29, 0.717) is 32.4 Å². The Hall–Kier alpha value is -2.64. The minimum Gasteiger partial charge on any atom is -0.361 e. The highest BCUT2D eigenvalue weighted by molar-refractivity contribution is 5.93. The number of nitrogens with one attached hydrogen (secondary N) is 1. The first-order valence-electron chi connectivity index (χ1n) is 9.43. The van der Waals surface area contributed by atoms with Crippen molar-refractivity contribution in [2.75, 3.05) is 18.4 Å². The molecular formula is C19H27N5O3. The summed E-state index contributed by atoms with van der Waals surface area (Å²) in [5.41, 5.74) is 3.38. The molecular weight excluding hydrogens is 346 g/mol. The van der Waals surface area contributed by atoms with E-state index in [9.17, 15) is 9.59 Å². The van der Waals surface area contributed by atoms with Crippen LogP contribution in [-0.4, -0.2) is 44.7 Å². The fraction of sp³-hybridized carbons (Fsp3) is 0.579. The summed E-state index contributed by atoms with van der Waals surface area (Å²) in [7, 11) is 0. The normalized spacial score (nSPS) is 16.7. The maximum atomic E-state index is 12.6. The van der Waals surface area contributed by atoms with E-state index >= 15 is 0 Å². The van der Waals surface area contributed by atoms with Crippen molar-refractivity contribution >= 4 is 17.5 Å². The van der Waals surface area contributed by atoms with Crippen LogP contribution in [0, 0.1) is 26.7 Å². The third-order valence-electron chi connectivity index (χ3n) is 5.21. The van der Waals surface area contributed by atoms with Crippen LogP contribution in [0.15, 0.2) is 10.7 Å². The predicted octanol–water partition coefficient (Wildman–Crippen LogP) is 2.24. The molecule has 1 N–H and O–H groups in total. The molecule has 8 heteroatoms. The zero-order valence-electron chi connectivity index (χ0n) is 16.4. The highest BCUT2D eigenvalue weighted by atomic mass is 16.5. The van der Waals surface area contributed by atoms with Gasteiger partial charge in [-0.3, -0.25) is 14.3 Å². The molecule has 0 aromatic carbocycles. The van der Waals surface area contributed by atoms with Gasteiger partial charge in [0.2, 0.25) is 11.8 Å². The van der Waals surface area contributed by atoms with Gasteiger partial charge in [0.15, 0.2) is 0 Å². The molecule has 0 spiro atoms. The minimum atomic E-state index is -0.183. The van der Waals surface area contributed by atoms with Crippen molar-refractivity contribution in [1.29, 1.82) is 0 Å². The van der Waals surface area contributed by atoms with E-state index in [1.165, 1.54) is 0 Å². The lowest BCUT2D eigenvalue weighted by Gasteiger charge is -2.16. The summed E-state index contributed by atoms with van der Waals surface area (Å²) in [5.74, 6) is 0.606. The lowest BCUT2D eigenvalue weighted by Crippen LogP contribution is -2.31. The molecule has 1 fully saturated rings. The Morgan fingerprint density at radius 3 is 2.70 bits per heavy atom. The van der Waals surface area contributed by atoms with Gasteiger partial charge in [-0.2, -0.15) is 5.10 Å². The molecule has 0 bridgehead atoms. The Morgan fingerprint density at radius 2 is 2.07 bits per heavy atom. The maximum absolute atomic E-state index is 12.6. The molecule has 3 heterocycles. The molecule has 2 aromatic rings. The van der Waals surface area contributed by atoms with Crippen LogP contribution in [0.25, 0.3) is 0 Å². The second-order valence-electron chi connectivity index (χ2n) is 7.10. The summed E-state index contributed by atoms with van der Waals surface area (Å²) in [4.78, 5) is 26.9. The molecule has 2 aromatic heterocycles. The first-order chi connectivity index (χ1) is 12.9. The Bertz CT molecular complexity index is 819. The van der Waals surface area contributed by atoms with Crippen molar-refractivity contribution in [3.8, 4) is 0 Å². The molecule has 146 valence electrons. The molecule has 1 unspecified atom stereocenters. The molecule has 0 aliphatic carbocycles. The topological polar surface area (TPSA) is 93.3 Å². The summed E-state index contributed by atoms with van der Waals surface area (Å²) in [6.07, 6.45) is 3.54. The molecule has 0 saturated carbocycles. The molecule has 1 saturated heterocycles. The van der Waals surface area contributed by atoms with Crippen molar-refractivity contribution in [2.24, 2.45) is 5.92 Å². The summed E-state index contributed by atoms with van der Waals surface area (Å²) < 4.78 is 6.94. The third kappa shape index (κ3) is 4.20. The van der Waals surface area contributed by atoms with Gasteiger partial charge in [0.1, 0.15) is 5.76 Å². The third-order valence-corrected chi connectivity index (χ3v) is 5.21. The van der Waals surface area contributed by atoms with Crippen molar-refractivity contribution < 1.29 is 14.1 Å². The lowest BCUT2D eigenvalue weighted by atomic mass is 10.1. The SMILES string of the molecule is CCn1cc(NC(=O)C2CCN(C(=O)CCc3c(C)noc3C)C2)c(C)n1. The van der Waals surface area contributed by atoms with Crippen LogP contribution < -0.4 is 5.32 Å². The number of rotatable bonds is 6. The van der Waals surface area contributed by atoms with Gasteiger partial charge in [-0.05, 0) is 40.5 Å². The number of amides is 2. The first kappa shape index (κ1) is 19.1. The number of aryl methyl sites for hydroxylation is 4. The number of anilines is 1. The Labute approximate surface area is 158 Å².